The number of hydrogen-bond donors (Lipinski definition) is 0. The number of rotatable bonds is 3. The molecule has 1 saturated heterocycles. The van der Waals surface area contributed by atoms with Crippen LogP contribution in [0.4, 0.5) is 0 Å². The molecule has 2 amide bonds. The smallest absolute Gasteiger partial charge is 0.253 e. The molecule has 1 aromatic heterocycles. The highest BCUT2D eigenvalue weighted by molar-refractivity contribution is 6.31. The van der Waals surface area contributed by atoms with Gasteiger partial charge >= 0.3 is 0 Å². The molecular formula is C21H25ClN4O2. The highest BCUT2D eigenvalue weighted by atomic mass is 35.5. The van der Waals surface area contributed by atoms with E-state index in [0.29, 0.717) is 36.8 Å². The van der Waals surface area contributed by atoms with Crippen molar-refractivity contribution in [1.29, 1.82) is 0 Å². The van der Waals surface area contributed by atoms with Gasteiger partial charge in [0.05, 0.1) is 22.1 Å². The van der Waals surface area contributed by atoms with Gasteiger partial charge in [-0.3, -0.25) is 9.59 Å². The maximum Gasteiger partial charge on any atom is 0.253 e. The highest BCUT2D eigenvalue weighted by Gasteiger charge is 2.32. The van der Waals surface area contributed by atoms with Gasteiger partial charge < -0.3 is 9.80 Å². The zero-order valence-electron chi connectivity index (χ0n) is 16.3. The predicted octanol–water partition coefficient (Wildman–Crippen LogP) is 3.23. The molecule has 7 heteroatoms. The fourth-order valence-corrected chi connectivity index (χ4v) is 3.96. The summed E-state index contributed by atoms with van der Waals surface area (Å²) in [7, 11) is 0. The van der Waals surface area contributed by atoms with Crippen LogP contribution in [0.15, 0.2) is 24.3 Å². The van der Waals surface area contributed by atoms with Crippen molar-refractivity contribution in [3.8, 4) is 5.69 Å². The minimum atomic E-state index is 0.00805. The van der Waals surface area contributed by atoms with E-state index in [9.17, 15) is 9.59 Å². The van der Waals surface area contributed by atoms with Crippen molar-refractivity contribution in [2.45, 2.75) is 33.1 Å². The Morgan fingerprint density at radius 3 is 2.11 bits per heavy atom. The SMILES string of the molecule is Cc1nn(-c2ccc(C(=O)N3CCN(C(=O)C4CCC4)CC3)cc2)c(C)c1Cl. The molecule has 0 radical (unpaired) electrons. The highest BCUT2D eigenvalue weighted by Crippen LogP contribution is 2.28. The van der Waals surface area contributed by atoms with Crippen LogP contribution in [0.3, 0.4) is 0 Å². The first-order chi connectivity index (χ1) is 13.5. The van der Waals surface area contributed by atoms with Crippen molar-refractivity contribution in [3.05, 3.63) is 46.2 Å². The van der Waals surface area contributed by atoms with E-state index in [-0.39, 0.29) is 17.7 Å². The van der Waals surface area contributed by atoms with Gasteiger partial charge in [-0.2, -0.15) is 5.10 Å². The lowest BCUT2D eigenvalue weighted by atomic mass is 9.84. The third kappa shape index (κ3) is 3.41. The normalized spacial score (nSPS) is 17.5. The average molecular weight is 401 g/mol. The molecule has 1 aliphatic heterocycles. The largest absolute Gasteiger partial charge is 0.339 e. The molecular weight excluding hydrogens is 376 g/mol. The maximum absolute atomic E-state index is 12.8. The van der Waals surface area contributed by atoms with Crippen molar-refractivity contribution < 1.29 is 9.59 Å². The predicted molar refractivity (Wildman–Crippen MR) is 108 cm³/mol. The van der Waals surface area contributed by atoms with Gasteiger partial charge in [-0.05, 0) is 51.0 Å². The maximum atomic E-state index is 12.8. The summed E-state index contributed by atoms with van der Waals surface area (Å²) in [5, 5.41) is 5.11. The summed E-state index contributed by atoms with van der Waals surface area (Å²) in [5.74, 6) is 0.498. The number of carbonyl (C=O) groups is 2. The first-order valence-electron chi connectivity index (χ1n) is 9.86. The molecule has 1 saturated carbocycles. The molecule has 4 rings (SSSR count). The van der Waals surface area contributed by atoms with Gasteiger partial charge in [-0.1, -0.05) is 18.0 Å². The Morgan fingerprint density at radius 1 is 1.00 bits per heavy atom. The van der Waals surface area contributed by atoms with E-state index >= 15 is 0 Å². The lowest BCUT2D eigenvalue weighted by Crippen LogP contribution is -2.52. The number of piperazine rings is 1. The summed E-state index contributed by atoms with van der Waals surface area (Å²) in [6, 6.07) is 7.43. The summed E-state index contributed by atoms with van der Waals surface area (Å²) in [6.07, 6.45) is 3.20. The minimum Gasteiger partial charge on any atom is -0.339 e. The van der Waals surface area contributed by atoms with Crippen LogP contribution in [0.1, 0.15) is 41.0 Å². The molecule has 2 heterocycles. The molecule has 6 nitrogen and oxygen atoms in total. The van der Waals surface area contributed by atoms with Gasteiger partial charge in [-0.15, -0.1) is 0 Å². The molecule has 148 valence electrons. The van der Waals surface area contributed by atoms with Gasteiger partial charge in [0.1, 0.15) is 0 Å². The molecule has 0 spiro atoms. The third-order valence-corrected chi connectivity index (χ3v) is 6.44. The van der Waals surface area contributed by atoms with Crippen LogP contribution in [0.25, 0.3) is 5.69 Å². The van der Waals surface area contributed by atoms with Gasteiger partial charge in [-0.25, -0.2) is 4.68 Å². The van der Waals surface area contributed by atoms with E-state index < -0.39 is 0 Å². The minimum absolute atomic E-state index is 0.00805. The van der Waals surface area contributed by atoms with E-state index in [1.54, 1.807) is 4.68 Å². The van der Waals surface area contributed by atoms with Gasteiger partial charge in [0, 0.05) is 37.7 Å². The van der Waals surface area contributed by atoms with Crippen molar-refractivity contribution in [2.24, 2.45) is 5.92 Å². The fourth-order valence-electron chi connectivity index (χ4n) is 3.85. The number of benzene rings is 1. The summed E-state index contributed by atoms with van der Waals surface area (Å²) < 4.78 is 1.79. The molecule has 2 aromatic rings. The molecule has 0 atom stereocenters. The molecule has 0 bridgehead atoms. The van der Waals surface area contributed by atoms with Crippen molar-refractivity contribution in [1.82, 2.24) is 19.6 Å². The quantitative estimate of drug-likeness (QED) is 0.794. The lowest BCUT2D eigenvalue weighted by molar-refractivity contribution is -0.139. The van der Waals surface area contributed by atoms with E-state index in [0.717, 1.165) is 36.3 Å². The molecule has 2 aliphatic rings. The second-order valence-electron chi connectivity index (χ2n) is 7.69. The number of carbonyl (C=O) groups excluding carboxylic acids is 2. The summed E-state index contributed by atoms with van der Waals surface area (Å²) in [4.78, 5) is 28.9. The van der Waals surface area contributed by atoms with Crippen LogP contribution in [-0.2, 0) is 4.79 Å². The van der Waals surface area contributed by atoms with E-state index in [2.05, 4.69) is 5.10 Å². The number of aromatic nitrogens is 2. The van der Waals surface area contributed by atoms with Crippen molar-refractivity contribution in [3.63, 3.8) is 0 Å². The third-order valence-electron chi connectivity index (χ3n) is 5.89. The van der Waals surface area contributed by atoms with E-state index in [1.807, 2.05) is 47.9 Å². The van der Waals surface area contributed by atoms with Crippen molar-refractivity contribution in [2.75, 3.05) is 26.2 Å². The standard InChI is InChI=1S/C21H25ClN4O2/c1-14-19(22)15(2)26(23-14)18-8-6-17(7-9-18)21(28)25-12-10-24(11-13-25)20(27)16-4-3-5-16/h6-9,16H,3-5,10-13H2,1-2H3. The lowest BCUT2D eigenvalue weighted by Gasteiger charge is -2.38. The summed E-state index contributed by atoms with van der Waals surface area (Å²) in [6.45, 7) is 6.23. The molecule has 28 heavy (non-hydrogen) atoms. The first-order valence-corrected chi connectivity index (χ1v) is 10.2. The van der Waals surface area contributed by atoms with Crippen LogP contribution >= 0.6 is 11.6 Å². The zero-order chi connectivity index (χ0) is 19.8. The molecule has 0 unspecified atom stereocenters. The summed E-state index contributed by atoms with van der Waals surface area (Å²) >= 11 is 6.23. The van der Waals surface area contributed by atoms with Crippen LogP contribution in [0, 0.1) is 19.8 Å². The van der Waals surface area contributed by atoms with Crippen LogP contribution < -0.4 is 0 Å². The molecule has 0 N–H and O–H groups in total. The molecule has 1 aliphatic carbocycles. The van der Waals surface area contributed by atoms with Crippen LogP contribution in [-0.4, -0.2) is 57.6 Å². The Morgan fingerprint density at radius 2 is 1.61 bits per heavy atom. The Kier molecular flexibility index (Phi) is 5.15. The second kappa shape index (κ2) is 7.59. The number of hydrogen-bond acceptors (Lipinski definition) is 3. The van der Waals surface area contributed by atoms with Gasteiger partial charge in [0.2, 0.25) is 5.91 Å². The Balaban J connectivity index is 1.40. The van der Waals surface area contributed by atoms with Gasteiger partial charge in [0.25, 0.3) is 5.91 Å². The zero-order valence-corrected chi connectivity index (χ0v) is 17.1. The fraction of sp³-hybridized carbons (Fsp3) is 0.476. The van der Waals surface area contributed by atoms with Crippen molar-refractivity contribution >= 4 is 23.4 Å². The molecule has 2 fully saturated rings. The number of halogens is 1. The topological polar surface area (TPSA) is 58.4 Å². The Labute approximate surface area is 170 Å². The Hall–Kier alpha value is -2.34. The second-order valence-corrected chi connectivity index (χ2v) is 8.07. The van der Waals surface area contributed by atoms with E-state index in [1.165, 1.54) is 0 Å². The monoisotopic (exact) mass is 400 g/mol. The van der Waals surface area contributed by atoms with Crippen LogP contribution in [0.2, 0.25) is 5.02 Å². The number of aryl methyl sites for hydroxylation is 1. The van der Waals surface area contributed by atoms with Crippen LogP contribution in [0.5, 0.6) is 0 Å². The average Bonchev–Trinajstić information content (AvgIpc) is 2.94. The first kappa shape index (κ1) is 19.0. The van der Waals surface area contributed by atoms with Gasteiger partial charge in [0.15, 0.2) is 0 Å². The summed E-state index contributed by atoms with van der Waals surface area (Å²) in [5.41, 5.74) is 3.19. The number of amides is 2. The Bertz CT molecular complexity index is 894. The van der Waals surface area contributed by atoms with E-state index in [4.69, 9.17) is 11.6 Å². The molecule has 1 aromatic carbocycles. The number of nitrogens with zero attached hydrogens (tertiary/aromatic N) is 4.